The minimum absolute atomic E-state index is 0.0793. The van der Waals surface area contributed by atoms with Gasteiger partial charge in [0.1, 0.15) is 28.4 Å². The molecule has 4 aromatic heterocycles. The Hall–Kier alpha value is -4.64. The Bertz CT molecular complexity index is 1970. The number of fused-ring (bicyclic) bond motifs is 2. The number of hydrogen-bond donors (Lipinski definition) is 1. The number of halogens is 2. The predicted octanol–water partition coefficient (Wildman–Crippen LogP) is 6.63. The maximum Gasteiger partial charge on any atom is 0.387 e. The van der Waals surface area contributed by atoms with Gasteiger partial charge in [0.2, 0.25) is 0 Å². The van der Waals surface area contributed by atoms with Crippen molar-refractivity contribution in [2.45, 2.75) is 39.8 Å². The number of nitrogen functional groups attached to an aromatic ring is 1. The van der Waals surface area contributed by atoms with Crippen LogP contribution >= 0.6 is 11.3 Å². The normalized spacial score (nSPS) is 12.4. The first-order valence-electron chi connectivity index (χ1n) is 13.0. The van der Waals surface area contributed by atoms with E-state index in [1.54, 1.807) is 28.1 Å². The third kappa shape index (κ3) is 4.51. The van der Waals surface area contributed by atoms with Crippen molar-refractivity contribution >= 4 is 33.0 Å². The van der Waals surface area contributed by atoms with Gasteiger partial charge in [0.15, 0.2) is 5.65 Å². The number of nitrogens with two attached hydrogens (primary N) is 1. The number of rotatable bonds is 7. The van der Waals surface area contributed by atoms with Gasteiger partial charge in [0, 0.05) is 16.6 Å². The lowest BCUT2D eigenvalue weighted by atomic mass is 9.95. The number of nitrogens with zero attached hydrogens (tertiary/aromatic N) is 5. The summed E-state index contributed by atoms with van der Waals surface area (Å²) in [5.41, 5.74) is 11.5. The number of aryl methyl sites for hydroxylation is 2. The van der Waals surface area contributed by atoms with E-state index in [-0.39, 0.29) is 23.2 Å². The average molecular weight is 573 g/mol. The van der Waals surface area contributed by atoms with Gasteiger partial charge in [-0.25, -0.2) is 14.6 Å². The molecule has 0 amide bonds. The van der Waals surface area contributed by atoms with E-state index in [1.165, 1.54) is 23.7 Å². The van der Waals surface area contributed by atoms with E-state index in [1.807, 2.05) is 55.6 Å². The molecular weight excluding hydrogens is 546 g/mol. The van der Waals surface area contributed by atoms with E-state index in [4.69, 9.17) is 10.8 Å². The molecule has 0 saturated carbocycles. The standard InChI is InChI=1S/C30H26F2N6O2S/c1-4-21(20-13-23-37(17(3)14-41-23)29(39)24(20)18-8-6-5-7-9-18)38-28-25(27(33)34-15-35-28)26(36-38)19-10-11-22(16(2)12-19)40-30(31)32/h5-15,21,30H,4H2,1-3H3,(H2,33,34,35)/t21-/m0/s1. The summed E-state index contributed by atoms with van der Waals surface area (Å²) in [5.74, 6) is 0.319. The summed E-state index contributed by atoms with van der Waals surface area (Å²) in [6.45, 7) is 2.71. The van der Waals surface area contributed by atoms with Crippen molar-refractivity contribution in [1.29, 1.82) is 0 Å². The molecule has 1 atom stereocenters. The lowest BCUT2D eigenvalue weighted by molar-refractivity contribution is -0.0502. The molecule has 6 rings (SSSR count). The second kappa shape index (κ2) is 10.4. The Labute approximate surface area is 237 Å². The zero-order valence-corrected chi connectivity index (χ0v) is 23.3. The number of benzene rings is 2. The SMILES string of the molecule is CC[C@@H](c1cc2scc(C)n2c(=O)c1-c1ccccc1)n1nc(-c2ccc(OC(F)F)c(C)c2)c2c(N)ncnc21. The van der Waals surface area contributed by atoms with Gasteiger partial charge in [0.25, 0.3) is 5.56 Å². The fourth-order valence-electron chi connectivity index (χ4n) is 5.35. The van der Waals surface area contributed by atoms with Crippen LogP contribution in [0.3, 0.4) is 0 Å². The first-order valence-corrected chi connectivity index (χ1v) is 13.9. The topological polar surface area (TPSA) is 100 Å². The zero-order valence-electron chi connectivity index (χ0n) is 22.5. The first kappa shape index (κ1) is 26.6. The maximum absolute atomic E-state index is 14.0. The summed E-state index contributed by atoms with van der Waals surface area (Å²) in [4.78, 5) is 23.6. The second-order valence-corrected chi connectivity index (χ2v) is 10.6. The Kier molecular flexibility index (Phi) is 6.74. The Balaban J connectivity index is 1.61. The summed E-state index contributed by atoms with van der Waals surface area (Å²) in [6.07, 6.45) is 1.98. The highest BCUT2D eigenvalue weighted by molar-refractivity contribution is 7.15. The summed E-state index contributed by atoms with van der Waals surface area (Å²) in [7, 11) is 0. The number of aromatic nitrogens is 5. The van der Waals surface area contributed by atoms with Gasteiger partial charge >= 0.3 is 6.61 Å². The van der Waals surface area contributed by atoms with E-state index < -0.39 is 6.61 Å². The van der Waals surface area contributed by atoms with Crippen LogP contribution in [-0.4, -0.2) is 30.8 Å². The van der Waals surface area contributed by atoms with Gasteiger partial charge in [-0.15, -0.1) is 11.3 Å². The molecule has 0 radical (unpaired) electrons. The number of hydrogen-bond acceptors (Lipinski definition) is 7. The van der Waals surface area contributed by atoms with Gasteiger partial charge in [-0.3, -0.25) is 9.20 Å². The quantitative estimate of drug-likeness (QED) is 0.230. The van der Waals surface area contributed by atoms with Crippen LogP contribution in [0.1, 0.15) is 36.2 Å². The average Bonchev–Trinajstić information content (AvgIpc) is 3.52. The molecule has 208 valence electrons. The van der Waals surface area contributed by atoms with Crippen LogP contribution in [-0.2, 0) is 0 Å². The fraction of sp³-hybridized carbons (Fsp3) is 0.200. The number of ether oxygens (including phenoxy) is 1. The van der Waals surface area contributed by atoms with Crippen LogP contribution in [0.2, 0.25) is 0 Å². The number of thiazole rings is 1. The molecule has 0 aliphatic rings. The van der Waals surface area contributed by atoms with Crippen LogP contribution < -0.4 is 16.0 Å². The number of anilines is 1. The lowest BCUT2D eigenvalue weighted by Crippen LogP contribution is -2.22. The molecule has 0 aliphatic heterocycles. The molecule has 0 saturated heterocycles. The van der Waals surface area contributed by atoms with E-state index in [9.17, 15) is 13.6 Å². The molecule has 8 nitrogen and oxygen atoms in total. The minimum atomic E-state index is -2.93. The van der Waals surface area contributed by atoms with Crippen molar-refractivity contribution in [2.75, 3.05) is 5.73 Å². The Morgan fingerprint density at radius 1 is 1.05 bits per heavy atom. The van der Waals surface area contributed by atoms with Crippen LogP contribution in [0, 0.1) is 13.8 Å². The van der Waals surface area contributed by atoms with Crippen LogP contribution in [0.5, 0.6) is 5.75 Å². The molecule has 2 N–H and O–H groups in total. The number of pyridine rings is 1. The molecular formula is C30H26F2N6O2S. The smallest absolute Gasteiger partial charge is 0.387 e. The summed E-state index contributed by atoms with van der Waals surface area (Å²) >= 11 is 1.51. The molecule has 6 aromatic rings. The van der Waals surface area contributed by atoms with Crippen molar-refractivity contribution in [2.24, 2.45) is 0 Å². The minimum Gasteiger partial charge on any atom is -0.435 e. The Morgan fingerprint density at radius 3 is 2.54 bits per heavy atom. The summed E-state index contributed by atoms with van der Waals surface area (Å²) in [6, 6.07) is 16.1. The van der Waals surface area contributed by atoms with Gasteiger partial charge in [0.05, 0.1) is 17.0 Å². The molecule has 0 bridgehead atoms. The first-order chi connectivity index (χ1) is 19.8. The molecule has 2 aromatic carbocycles. The summed E-state index contributed by atoms with van der Waals surface area (Å²) in [5, 5.41) is 7.50. The molecule has 0 unspecified atom stereocenters. The van der Waals surface area contributed by atoms with Crippen LogP contribution in [0.4, 0.5) is 14.6 Å². The van der Waals surface area contributed by atoms with E-state index >= 15 is 0 Å². The highest BCUT2D eigenvalue weighted by atomic mass is 32.1. The number of alkyl halides is 2. The summed E-state index contributed by atoms with van der Waals surface area (Å²) < 4.78 is 33.9. The molecule has 0 spiro atoms. The highest BCUT2D eigenvalue weighted by Gasteiger charge is 2.27. The lowest BCUT2D eigenvalue weighted by Gasteiger charge is -2.21. The van der Waals surface area contributed by atoms with Crippen molar-refractivity contribution in [1.82, 2.24) is 24.1 Å². The van der Waals surface area contributed by atoms with Crippen LogP contribution in [0.15, 0.2) is 71.1 Å². The Morgan fingerprint density at radius 2 is 1.83 bits per heavy atom. The predicted molar refractivity (Wildman–Crippen MR) is 157 cm³/mol. The van der Waals surface area contributed by atoms with Gasteiger partial charge in [-0.05, 0) is 61.2 Å². The van der Waals surface area contributed by atoms with E-state index in [0.717, 1.165) is 21.7 Å². The molecule has 0 fully saturated rings. The van der Waals surface area contributed by atoms with Crippen molar-refractivity contribution in [3.63, 3.8) is 0 Å². The van der Waals surface area contributed by atoms with Crippen molar-refractivity contribution in [3.05, 3.63) is 93.5 Å². The fourth-order valence-corrected chi connectivity index (χ4v) is 6.27. The van der Waals surface area contributed by atoms with E-state index in [2.05, 4.69) is 14.7 Å². The second-order valence-electron chi connectivity index (χ2n) is 9.73. The molecule has 41 heavy (non-hydrogen) atoms. The van der Waals surface area contributed by atoms with Crippen molar-refractivity contribution < 1.29 is 13.5 Å². The van der Waals surface area contributed by atoms with Gasteiger partial charge in [-0.1, -0.05) is 37.3 Å². The van der Waals surface area contributed by atoms with E-state index in [0.29, 0.717) is 39.8 Å². The molecule has 0 aliphatic carbocycles. The van der Waals surface area contributed by atoms with Gasteiger partial charge < -0.3 is 10.5 Å². The highest BCUT2D eigenvalue weighted by Crippen LogP contribution is 2.38. The largest absolute Gasteiger partial charge is 0.435 e. The maximum atomic E-state index is 14.0. The molecule has 11 heteroatoms. The van der Waals surface area contributed by atoms with Gasteiger partial charge in [-0.2, -0.15) is 13.9 Å². The zero-order chi connectivity index (χ0) is 28.8. The third-order valence-electron chi connectivity index (χ3n) is 7.19. The molecule has 4 heterocycles. The van der Waals surface area contributed by atoms with Crippen LogP contribution in [0.25, 0.3) is 38.2 Å². The van der Waals surface area contributed by atoms with Crippen molar-refractivity contribution in [3.8, 4) is 28.1 Å². The third-order valence-corrected chi connectivity index (χ3v) is 8.19. The monoisotopic (exact) mass is 572 g/mol.